The molecule has 3 saturated heterocycles. The molecule has 6 rings (SSSR count). The second kappa shape index (κ2) is 26.7. The van der Waals surface area contributed by atoms with Crippen LogP contribution in [0.3, 0.4) is 0 Å². The summed E-state index contributed by atoms with van der Waals surface area (Å²) in [4.78, 5) is 42.9. The molecule has 16 atom stereocenters. The van der Waals surface area contributed by atoms with Gasteiger partial charge in [-0.1, -0.05) is 50.7 Å². The van der Waals surface area contributed by atoms with Crippen molar-refractivity contribution in [3.63, 3.8) is 0 Å². The van der Waals surface area contributed by atoms with Crippen molar-refractivity contribution in [1.82, 2.24) is 25.2 Å². The minimum atomic E-state index is -4.85. The number of nitrogens with one attached hydrogen (secondary N) is 1. The number of ether oxygens (including phenoxy) is 7. The molecule has 5 fully saturated rings. The van der Waals surface area contributed by atoms with Crippen LogP contribution in [0.5, 0.6) is 0 Å². The average Bonchev–Trinajstić information content (AvgIpc) is 3.81. The number of nitrogens with zero attached hydrogens (tertiary/aromatic N) is 4. The molecule has 412 valence electrons. The first kappa shape index (κ1) is 58.4. The average molecular weight is 1050 g/mol. The number of carbonyl (C=O) groups excluding carboxylic acids is 3. The van der Waals surface area contributed by atoms with E-state index >= 15 is 0 Å². The quantitative estimate of drug-likeness (QED) is 0.0402. The van der Waals surface area contributed by atoms with Crippen LogP contribution >= 0.6 is 0 Å². The number of amides is 2. The predicted molar refractivity (Wildman–Crippen MR) is 247 cm³/mol. The number of ketones is 1. The summed E-state index contributed by atoms with van der Waals surface area (Å²) in [5.41, 5.74) is -1.25. The standard InChI is InChI=1S/C46H77N5O20S/c1-5-29-18-30(32(55)13-9-16-65-22-31-20-51(49-48-31)46(23-53,24-64-4)25-66-72(61,62)63)19-33(41(29)71-45-40(59)39(58)37(56)26(2)67-45)69-44-36(47-27(3)54)42(38(57)35(21-52)70-44)68-34(43(60)50-14-10-15-50)17-28-11-7-6-8-12-28/h20,26,28-30,33-42,44-45,52-53,56-59H,5-19,21-25H2,1-4H3,(H,47,54)(H,61,62,63)/t26?,29?,30?,33-,34+,35+,36?,37-,38+,39+,40?,41-,42?,44-,45+,46?/m1/s1. The van der Waals surface area contributed by atoms with Crippen LogP contribution in [-0.2, 0) is 74.3 Å². The van der Waals surface area contributed by atoms with Gasteiger partial charge in [-0.05, 0) is 50.9 Å². The van der Waals surface area contributed by atoms with Gasteiger partial charge in [-0.3, -0.25) is 18.9 Å². The first-order valence-corrected chi connectivity index (χ1v) is 26.6. The molecule has 0 aromatic carbocycles. The van der Waals surface area contributed by atoms with Crippen LogP contribution in [0.25, 0.3) is 0 Å². The Labute approximate surface area is 420 Å². The zero-order chi connectivity index (χ0) is 52.3. The second-order valence-corrected chi connectivity index (χ2v) is 21.1. The van der Waals surface area contributed by atoms with E-state index in [1.165, 1.54) is 27.2 Å². The fourth-order valence-corrected chi connectivity index (χ4v) is 10.8. The fraction of sp³-hybridized carbons (Fsp3) is 0.891. The molecule has 26 heteroatoms. The van der Waals surface area contributed by atoms with E-state index in [1.54, 1.807) is 4.90 Å². The smallest absolute Gasteiger partial charge is 0.394 e. The van der Waals surface area contributed by atoms with Gasteiger partial charge in [0.15, 0.2) is 12.6 Å². The van der Waals surface area contributed by atoms with Crippen LogP contribution < -0.4 is 5.32 Å². The summed E-state index contributed by atoms with van der Waals surface area (Å²) in [5.74, 6) is -1.74. The van der Waals surface area contributed by atoms with Gasteiger partial charge in [0, 0.05) is 46.1 Å². The maximum absolute atomic E-state index is 14.2. The Hall–Kier alpha value is -2.90. The Morgan fingerprint density at radius 3 is 2.31 bits per heavy atom. The Bertz CT molecular complexity index is 1990. The molecule has 25 nitrogen and oxygen atoms in total. The molecule has 1 aromatic rings. The van der Waals surface area contributed by atoms with Crippen LogP contribution in [0, 0.1) is 17.8 Å². The summed E-state index contributed by atoms with van der Waals surface area (Å²) < 4.78 is 80.3. The summed E-state index contributed by atoms with van der Waals surface area (Å²) in [6, 6.07) is -1.24. The van der Waals surface area contributed by atoms with Crippen LogP contribution in [0.2, 0.25) is 0 Å². The molecule has 1 aromatic heterocycles. The minimum absolute atomic E-state index is 0.0329. The number of aromatic nitrogens is 3. The maximum Gasteiger partial charge on any atom is 0.397 e. The van der Waals surface area contributed by atoms with E-state index in [2.05, 4.69) is 19.8 Å². The molecule has 2 saturated carbocycles. The van der Waals surface area contributed by atoms with Gasteiger partial charge in [0.05, 0.1) is 57.5 Å². The van der Waals surface area contributed by atoms with Gasteiger partial charge in [-0.15, -0.1) is 5.10 Å². The summed E-state index contributed by atoms with van der Waals surface area (Å²) >= 11 is 0. The molecule has 2 amide bonds. The fourth-order valence-electron chi connectivity index (χ4n) is 10.5. The van der Waals surface area contributed by atoms with Crippen molar-refractivity contribution in [1.29, 1.82) is 0 Å². The number of Topliss-reactive ketones (excluding diaryl/α,β-unsaturated/α-hetero) is 1. The van der Waals surface area contributed by atoms with Crippen molar-refractivity contribution in [3.8, 4) is 0 Å². The largest absolute Gasteiger partial charge is 0.397 e. The number of methoxy groups -OCH3 is 1. The molecule has 0 radical (unpaired) electrons. The predicted octanol–water partition coefficient (Wildman–Crippen LogP) is -1.13. The van der Waals surface area contributed by atoms with Crippen molar-refractivity contribution in [2.75, 3.05) is 53.2 Å². The second-order valence-electron chi connectivity index (χ2n) is 20.0. The molecule has 2 aliphatic carbocycles. The number of aliphatic hydroxyl groups excluding tert-OH is 6. The SMILES string of the molecule is CCC1CC(C(=O)CCCOCc2cn(C(CO)(COC)COS(=O)(=O)O)nn2)C[C@@H](O[C@@H]2O[C@@H](CO)[C@H](O)C(O[C@@H](CC3CCCCC3)C(=O)N3CCC3)C2NC(C)=O)[C@@H]1O[C@@H]1OC(C)[C@@H](O)[C@H](O)C1O. The molecule has 72 heavy (non-hydrogen) atoms. The highest BCUT2D eigenvalue weighted by atomic mass is 32.3. The van der Waals surface area contributed by atoms with Crippen molar-refractivity contribution < 1.29 is 95.3 Å². The summed E-state index contributed by atoms with van der Waals surface area (Å²) in [6.07, 6.45) is -6.84. The third-order valence-electron chi connectivity index (χ3n) is 14.8. The minimum Gasteiger partial charge on any atom is -0.394 e. The summed E-state index contributed by atoms with van der Waals surface area (Å²) in [7, 11) is -3.54. The molecule has 7 unspecified atom stereocenters. The van der Waals surface area contributed by atoms with Crippen LogP contribution in [0.4, 0.5) is 0 Å². The van der Waals surface area contributed by atoms with Crippen LogP contribution in [0.1, 0.15) is 104 Å². The van der Waals surface area contributed by atoms with Crippen molar-refractivity contribution in [3.05, 3.63) is 11.9 Å². The molecular weight excluding hydrogens is 975 g/mol. The van der Waals surface area contributed by atoms with Crippen molar-refractivity contribution in [2.24, 2.45) is 17.8 Å². The van der Waals surface area contributed by atoms with E-state index in [1.807, 2.05) is 6.92 Å². The van der Waals surface area contributed by atoms with Gasteiger partial charge in [0.25, 0.3) is 5.91 Å². The number of carbonyl (C=O) groups is 3. The lowest BCUT2D eigenvalue weighted by atomic mass is 9.74. The number of rotatable bonds is 26. The van der Waals surface area contributed by atoms with Crippen LogP contribution in [0.15, 0.2) is 6.20 Å². The topological polar surface area (TPSA) is 347 Å². The zero-order valence-electron chi connectivity index (χ0n) is 41.6. The number of likely N-dealkylation sites (tertiary alicyclic amines) is 1. The highest BCUT2D eigenvalue weighted by molar-refractivity contribution is 7.80. The molecule has 5 aliphatic rings. The van der Waals surface area contributed by atoms with E-state index in [0.717, 1.165) is 43.2 Å². The molecule has 0 bridgehead atoms. The lowest BCUT2D eigenvalue weighted by Gasteiger charge is -2.49. The third kappa shape index (κ3) is 14.9. The lowest BCUT2D eigenvalue weighted by Crippen LogP contribution is -2.67. The number of aliphatic hydroxyl groups is 6. The van der Waals surface area contributed by atoms with Gasteiger partial charge in [0.1, 0.15) is 65.8 Å². The first-order chi connectivity index (χ1) is 34.3. The van der Waals surface area contributed by atoms with Gasteiger partial charge < -0.3 is 74.0 Å². The zero-order valence-corrected chi connectivity index (χ0v) is 42.4. The van der Waals surface area contributed by atoms with E-state index in [-0.39, 0.29) is 56.7 Å². The first-order valence-electron chi connectivity index (χ1n) is 25.2. The van der Waals surface area contributed by atoms with E-state index < -0.39 is 133 Å². The molecule has 3 aliphatic heterocycles. The third-order valence-corrected chi connectivity index (χ3v) is 15.2. The Morgan fingerprint density at radius 1 is 0.944 bits per heavy atom. The monoisotopic (exact) mass is 1050 g/mol. The Kier molecular flexibility index (Phi) is 21.7. The van der Waals surface area contributed by atoms with Gasteiger partial charge in [0.2, 0.25) is 5.91 Å². The Balaban J connectivity index is 1.19. The number of hydrogen-bond donors (Lipinski definition) is 8. The molecule has 4 heterocycles. The van der Waals surface area contributed by atoms with E-state index in [9.17, 15) is 53.4 Å². The van der Waals surface area contributed by atoms with E-state index in [4.69, 9.17) is 37.7 Å². The molecular formula is C46H77N5O20S. The highest BCUT2D eigenvalue weighted by Gasteiger charge is 2.53. The lowest BCUT2D eigenvalue weighted by molar-refractivity contribution is -0.338. The number of hydrogen-bond acceptors (Lipinski definition) is 21. The van der Waals surface area contributed by atoms with Gasteiger partial charge in [-0.2, -0.15) is 8.42 Å². The van der Waals surface area contributed by atoms with Crippen molar-refractivity contribution in [2.45, 2.75) is 190 Å². The summed E-state index contributed by atoms with van der Waals surface area (Å²) in [5, 5.41) is 75.6. The normalized spacial score (nSPS) is 34.0. The molecule has 8 N–H and O–H groups in total. The summed E-state index contributed by atoms with van der Waals surface area (Å²) in [6.45, 7) is 3.51. The van der Waals surface area contributed by atoms with Gasteiger partial charge >= 0.3 is 10.4 Å². The van der Waals surface area contributed by atoms with Crippen LogP contribution in [-0.4, -0.2) is 214 Å². The highest BCUT2D eigenvalue weighted by Crippen LogP contribution is 2.41. The van der Waals surface area contributed by atoms with Crippen molar-refractivity contribution >= 4 is 28.0 Å². The van der Waals surface area contributed by atoms with Gasteiger partial charge in [-0.25, -0.2) is 8.86 Å². The Morgan fingerprint density at radius 2 is 1.68 bits per heavy atom. The van der Waals surface area contributed by atoms with E-state index in [0.29, 0.717) is 38.0 Å². The maximum atomic E-state index is 14.2. The molecule has 0 spiro atoms.